The van der Waals surface area contributed by atoms with E-state index in [9.17, 15) is 4.79 Å². The maximum Gasteiger partial charge on any atom is 0.327 e. The number of methoxy groups -OCH3 is 1. The SMILES string of the molecule is COC(=O)C(NCCN=[N+]=[N-])c1ccc2ncccc2c1. The highest BCUT2D eigenvalue weighted by Gasteiger charge is 2.20. The topological polar surface area (TPSA) is 100.0 Å². The fourth-order valence-corrected chi connectivity index (χ4v) is 2.03. The van der Waals surface area contributed by atoms with Crippen molar-refractivity contribution in [1.29, 1.82) is 0 Å². The van der Waals surface area contributed by atoms with Crippen LogP contribution in [0.2, 0.25) is 0 Å². The van der Waals surface area contributed by atoms with Crippen molar-refractivity contribution in [3.8, 4) is 0 Å². The van der Waals surface area contributed by atoms with Crippen LogP contribution in [0.3, 0.4) is 0 Å². The fraction of sp³-hybridized carbons (Fsp3) is 0.286. The normalized spacial score (nSPS) is 11.7. The first-order valence-corrected chi connectivity index (χ1v) is 6.43. The standard InChI is InChI=1S/C14H15N5O2/c1-21-14(20)13(17-7-8-18-19-15)11-4-5-12-10(9-11)3-2-6-16-12/h2-6,9,13,17H,7-8H2,1H3. The van der Waals surface area contributed by atoms with Gasteiger partial charge in [-0.3, -0.25) is 4.98 Å². The quantitative estimate of drug-likeness (QED) is 0.289. The van der Waals surface area contributed by atoms with Crippen LogP contribution >= 0.6 is 0 Å². The zero-order valence-corrected chi connectivity index (χ0v) is 11.6. The summed E-state index contributed by atoms with van der Waals surface area (Å²) in [5.41, 5.74) is 9.90. The van der Waals surface area contributed by atoms with Gasteiger partial charge in [-0.05, 0) is 29.3 Å². The van der Waals surface area contributed by atoms with E-state index in [0.29, 0.717) is 6.54 Å². The number of azide groups is 1. The molecule has 0 saturated heterocycles. The molecule has 7 nitrogen and oxygen atoms in total. The molecule has 1 N–H and O–H groups in total. The summed E-state index contributed by atoms with van der Waals surface area (Å²) >= 11 is 0. The highest BCUT2D eigenvalue weighted by atomic mass is 16.5. The van der Waals surface area contributed by atoms with Gasteiger partial charge in [-0.1, -0.05) is 17.2 Å². The van der Waals surface area contributed by atoms with Gasteiger partial charge in [0, 0.05) is 29.6 Å². The van der Waals surface area contributed by atoms with Gasteiger partial charge >= 0.3 is 5.97 Å². The number of aromatic nitrogens is 1. The summed E-state index contributed by atoms with van der Waals surface area (Å²) in [5.74, 6) is -0.390. The van der Waals surface area contributed by atoms with Crippen LogP contribution in [-0.4, -0.2) is 31.2 Å². The minimum atomic E-state index is -0.603. The largest absolute Gasteiger partial charge is 0.468 e. The molecule has 0 aliphatic carbocycles. The molecule has 0 radical (unpaired) electrons. The number of ether oxygens (including phenoxy) is 1. The van der Waals surface area contributed by atoms with Crippen LogP contribution in [0.25, 0.3) is 21.3 Å². The first kappa shape index (κ1) is 14.8. The Morgan fingerprint density at radius 3 is 3.14 bits per heavy atom. The second kappa shape index (κ2) is 7.23. The predicted octanol–water partition coefficient (Wildman–Crippen LogP) is 2.35. The molecule has 7 heteroatoms. The van der Waals surface area contributed by atoms with Crippen molar-refractivity contribution in [3.63, 3.8) is 0 Å². The number of carbonyl (C=O) groups excluding carboxylic acids is 1. The van der Waals surface area contributed by atoms with Gasteiger partial charge in [-0.2, -0.15) is 0 Å². The lowest BCUT2D eigenvalue weighted by molar-refractivity contribution is -0.143. The molecule has 0 aliphatic rings. The average molecular weight is 285 g/mol. The van der Waals surface area contributed by atoms with Crippen LogP contribution < -0.4 is 5.32 Å². The number of hydrogen-bond donors (Lipinski definition) is 1. The number of rotatable bonds is 6. The van der Waals surface area contributed by atoms with Crippen LogP contribution in [0.1, 0.15) is 11.6 Å². The monoisotopic (exact) mass is 285 g/mol. The third-order valence-electron chi connectivity index (χ3n) is 3.02. The molecule has 0 fully saturated rings. The van der Waals surface area contributed by atoms with E-state index < -0.39 is 6.04 Å². The van der Waals surface area contributed by atoms with Gasteiger partial charge in [0.15, 0.2) is 0 Å². The zero-order valence-electron chi connectivity index (χ0n) is 11.6. The molecule has 1 aromatic carbocycles. The second-order valence-electron chi connectivity index (χ2n) is 4.32. The van der Waals surface area contributed by atoms with Crippen LogP contribution in [-0.2, 0) is 9.53 Å². The van der Waals surface area contributed by atoms with Gasteiger partial charge in [-0.25, -0.2) is 4.79 Å². The van der Waals surface area contributed by atoms with E-state index in [0.717, 1.165) is 16.5 Å². The predicted molar refractivity (Wildman–Crippen MR) is 78.5 cm³/mol. The van der Waals surface area contributed by atoms with Crippen molar-refractivity contribution in [3.05, 3.63) is 52.5 Å². The smallest absolute Gasteiger partial charge is 0.327 e. The van der Waals surface area contributed by atoms with Crippen molar-refractivity contribution >= 4 is 16.9 Å². The van der Waals surface area contributed by atoms with Crippen molar-refractivity contribution in [2.45, 2.75) is 6.04 Å². The highest BCUT2D eigenvalue weighted by Crippen LogP contribution is 2.20. The Kier molecular flexibility index (Phi) is 5.09. The number of nitrogens with zero attached hydrogens (tertiary/aromatic N) is 4. The number of fused-ring (bicyclic) bond motifs is 1. The van der Waals surface area contributed by atoms with E-state index in [2.05, 4.69) is 20.3 Å². The number of pyridine rings is 1. The molecule has 0 bridgehead atoms. The van der Waals surface area contributed by atoms with Crippen LogP contribution in [0.5, 0.6) is 0 Å². The third-order valence-corrected chi connectivity index (χ3v) is 3.02. The summed E-state index contributed by atoms with van der Waals surface area (Å²) in [6, 6.07) is 8.75. The van der Waals surface area contributed by atoms with E-state index in [4.69, 9.17) is 10.3 Å². The van der Waals surface area contributed by atoms with E-state index in [1.165, 1.54) is 7.11 Å². The fourth-order valence-electron chi connectivity index (χ4n) is 2.03. The molecule has 1 aromatic heterocycles. The first-order chi connectivity index (χ1) is 10.3. The van der Waals surface area contributed by atoms with Crippen LogP contribution in [0.15, 0.2) is 41.6 Å². The van der Waals surface area contributed by atoms with Gasteiger partial charge < -0.3 is 10.1 Å². The summed E-state index contributed by atoms with van der Waals surface area (Å²) in [6.45, 7) is 0.647. The minimum Gasteiger partial charge on any atom is -0.468 e. The average Bonchev–Trinajstić information content (AvgIpc) is 2.54. The number of nitrogens with one attached hydrogen (secondary N) is 1. The summed E-state index contributed by atoms with van der Waals surface area (Å²) in [5, 5.41) is 7.40. The molecular weight excluding hydrogens is 270 g/mol. The maximum absolute atomic E-state index is 11.9. The van der Waals surface area contributed by atoms with Crippen molar-refractivity contribution in [1.82, 2.24) is 10.3 Å². The number of hydrogen-bond acceptors (Lipinski definition) is 5. The molecule has 1 atom stereocenters. The molecule has 21 heavy (non-hydrogen) atoms. The molecule has 0 aliphatic heterocycles. The Hall–Kier alpha value is -2.63. The minimum absolute atomic E-state index is 0.263. The highest BCUT2D eigenvalue weighted by molar-refractivity contribution is 5.83. The lowest BCUT2D eigenvalue weighted by Gasteiger charge is -2.16. The molecule has 0 spiro atoms. The van der Waals surface area contributed by atoms with Crippen LogP contribution in [0, 0.1) is 0 Å². The van der Waals surface area contributed by atoms with Crippen molar-refractivity contribution in [2.75, 3.05) is 20.2 Å². The molecule has 1 heterocycles. The Morgan fingerprint density at radius 2 is 2.38 bits per heavy atom. The summed E-state index contributed by atoms with van der Waals surface area (Å²) in [6.07, 6.45) is 1.72. The summed E-state index contributed by atoms with van der Waals surface area (Å²) in [4.78, 5) is 18.8. The van der Waals surface area contributed by atoms with Crippen molar-refractivity contribution in [2.24, 2.45) is 5.11 Å². The lowest BCUT2D eigenvalue weighted by atomic mass is 10.0. The Balaban J connectivity index is 2.24. The third kappa shape index (κ3) is 3.68. The lowest BCUT2D eigenvalue weighted by Crippen LogP contribution is -2.31. The maximum atomic E-state index is 11.9. The molecule has 1 unspecified atom stereocenters. The molecule has 108 valence electrons. The van der Waals surface area contributed by atoms with Gasteiger partial charge in [-0.15, -0.1) is 0 Å². The molecule has 2 aromatic rings. The molecule has 0 saturated carbocycles. The van der Waals surface area contributed by atoms with Crippen molar-refractivity contribution < 1.29 is 9.53 Å². The van der Waals surface area contributed by atoms with E-state index >= 15 is 0 Å². The number of benzene rings is 1. The van der Waals surface area contributed by atoms with Gasteiger partial charge in [0.05, 0.1) is 12.6 Å². The van der Waals surface area contributed by atoms with E-state index in [1.54, 1.807) is 6.20 Å². The van der Waals surface area contributed by atoms with Gasteiger partial charge in [0.1, 0.15) is 6.04 Å². The van der Waals surface area contributed by atoms with E-state index in [-0.39, 0.29) is 12.5 Å². The Bertz CT molecular complexity index is 682. The van der Waals surface area contributed by atoms with Crippen LogP contribution in [0.4, 0.5) is 0 Å². The molecular formula is C14H15N5O2. The van der Waals surface area contributed by atoms with Gasteiger partial charge in [0.25, 0.3) is 0 Å². The van der Waals surface area contributed by atoms with E-state index in [1.807, 2.05) is 30.3 Å². The summed E-state index contributed by atoms with van der Waals surface area (Å²) < 4.78 is 4.82. The Labute approximate surface area is 121 Å². The summed E-state index contributed by atoms with van der Waals surface area (Å²) in [7, 11) is 1.34. The zero-order chi connectivity index (χ0) is 15.1. The molecule has 2 rings (SSSR count). The van der Waals surface area contributed by atoms with Gasteiger partial charge in [0.2, 0.25) is 0 Å². The Morgan fingerprint density at radius 1 is 1.52 bits per heavy atom. The second-order valence-corrected chi connectivity index (χ2v) is 4.32. The first-order valence-electron chi connectivity index (χ1n) is 6.43. The number of esters is 1. The molecule has 0 amide bonds. The number of carbonyl (C=O) groups is 1.